The van der Waals surface area contributed by atoms with Crippen LogP contribution in [0.15, 0.2) is 60.7 Å². The molecule has 7 nitrogen and oxygen atoms in total. The number of anilines is 1. The van der Waals surface area contributed by atoms with Crippen LogP contribution in [0, 0.1) is 0 Å². The molecule has 0 unspecified atom stereocenters. The van der Waals surface area contributed by atoms with Crippen LogP contribution >= 0.6 is 11.3 Å². The number of hydrogen-bond acceptors (Lipinski definition) is 7. The van der Waals surface area contributed by atoms with E-state index in [1.807, 2.05) is 60.7 Å². The number of carbonyl (C=O) groups is 2. The fourth-order valence-corrected chi connectivity index (χ4v) is 9.34. The Morgan fingerprint density at radius 1 is 0.925 bits per heavy atom. The van der Waals surface area contributed by atoms with E-state index in [2.05, 4.69) is 29.7 Å². The van der Waals surface area contributed by atoms with Crippen molar-refractivity contribution < 1.29 is 27.5 Å². The second-order valence-corrected chi connectivity index (χ2v) is 20.5. The quantitative estimate of drug-likeness (QED) is 0.204. The minimum absolute atomic E-state index is 0.0883. The molecule has 0 spiro atoms. The van der Waals surface area contributed by atoms with E-state index in [9.17, 15) is 18.0 Å². The number of methoxy groups -OCH3 is 1. The fraction of sp³-hybridized carbons (Fsp3) is 0.400. The molecule has 40 heavy (non-hydrogen) atoms. The van der Waals surface area contributed by atoms with Crippen LogP contribution < -0.4 is 5.32 Å². The van der Waals surface area contributed by atoms with Crippen molar-refractivity contribution in [1.29, 1.82) is 0 Å². The van der Waals surface area contributed by atoms with Crippen LogP contribution in [0.5, 0.6) is 0 Å². The van der Waals surface area contributed by atoms with Gasteiger partial charge in [0.2, 0.25) is 0 Å². The highest BCUT2D eigenvalue weighted by atomic mass is 32.2. The summed E-state index contributed by atoms with van der Waals surface area (Å²) in [6.07, 6.45) is 1.15. The van der Waals surface area contributed by atoms with Gasteiger partial charge in [-0.25, -0.2) is 13.2 Å². The van der Waals surface area contributed by atoms with E-state index in [0.29, 0.717) is 30.0 Å². The lowest BCUT2D eigenvalue weighted by Crippen LogP contribution is -2.42. The van der Waals surface area contributed by atoms with Crippen molar-refractivity contribution in [2.24, 2.45) is 0 Å². The summed E-state index contributed by atoms with van der Waals surface area (Å²) in [5.41, 5.74) is 3.63. The average Bonchev–Trinajstić information content (AvgIpc) is 3.40. The van der Waals surface area contributed by atoms with E-state index in [0.717, 1.165) is 34.0 Å². The Hall–Kier alpha value is -2.95. The maximum Gasteiger partial charge on any atom is 0.411 e. The van der Waals surface area contributed by atoms with E-state index in [4.69, 9.17) is 4.74 Å². The van der Waals surface area contributed by atoms with Crippen molar-refractivity contribution in [3.63, 3.8) is 0 Å². The normalized spacial score (nSPS) is 18.6. The fourth-order valence-electron chi connectivity index (χ4n) is 4.85. The number of benzene rings is 2. The first-order valence-electron chi connectivity index (χ1n) is 13.5. The van der Waals surface area contributed by atoms with Crippen LogP contribution in [0.3, 0.4) is 0 Å². The lowest BCUT2D eigenvalue weighted by molar-refractivity contribution is -0.144. The molecule has 2 heterocycles. The lowest BCUT2D eigenvalue weighted by Gasteiger charge is -2.35. The van der Waals surface area contributed by atoms with Gasteiger partial charge in [0.15, 0.2) is 9.84 Å². The summed E-state index contributed by atoms with van der Waals surface area (Å²) in [5, 5.41) is 2.64. The van der Waals surface area contributed by atoms with E-state index >= 15 is 0 Å². The summed E-state index contributed by atoms with van der Waals surface area (Å²) < 4.78 is 35.9. The van der Waals surface area contributed by atoms with Gasteiger partial charge in [0.05, 0.1) is 25.9 Å². The number of sulfone groups is 1. The molecule has 0 saturated carbocycles. The second-order valence-electron chi connectivity index (χ2n) is 11.4. The van der Waals surface area contributed by atoms with Gasteiger partial charge < -0.3 is 9.47 Å². The Morgan fingerprint density at radius 3 is 2.15 bits per heavy atom. The summed E-state index contributed by atoms with van der Waals surface area (Å²) in [7, 11) is -3.58. The number of hydrogen-bond donors (Lipinski definition) is 1. The SMILES string of the molecule is COC(=O)Nc1ccc(-c2ccc(-c3ccc([C@@]4(CC(=O)OCC[Si](C)(C)C)CCCCS4(=O)=O)s3)cc2)cc1. The lowest BCUT2D eigenvalue weighted by atomic mass is 9.95. The van der Waals surface area contributed by atoms with Crippen molar-refractivity contribution >= 4 is 47.0 Å². The molecule has 2 aromatic carbocycles. The van der Waals surface area contributed by atoms with Gasteiger partial charge in [-0.3, -0.25) is 10.1 Å². The summed E-state index contributed by atoms with van der Waals surface area (Å²) in [5.74, 6) is -0.346. The molecular formula is C30H37NO6S2Si. The van der Waals surface area contributed by atoms with E-state index < -0.39 is 34.7 Å². The molecule has 1 saturated heterocycles. The molecule has 10 heteroatoms. The van der Waals surface area contributed by atoms with Crippen molar-refractivity contribution in [1.82, 2.24) is 0 Å². The Morgan fingerprint density at radius 2 is 1.55 bits per heavy atom. The number of thiophene rings is 1. The highest BCUT2D eigenvalue weighted by Crippen LogP contribution is 2.47. The standard InChI is InChI=1S/C30H37NO6S2Si/c1-36-29(33)31-25-13-11-23(12-14-25)22-7-9-24(10-8-22)26-15-16-27(38-26)30(17-5-6-19-39(30,34)35)21-28(32)37-18-20-40(2,3)4/h7-16H,5-6,17-21H2,1-4H3,(H,31,33)/t30-/m0/s1. The summed E-state index contributed by atoms with van der Waals surface area (Å²) in [6, 6.07) is 20.2. The van der Waals surface area contributed by atoms with Gasteiger partial charge in [0.1, 0.15) is 4.75 Å². The van der Waals surface area contributed by atoms with Crippen molar-refractivity contribution in [2.45, 2.75) is 56.1 Å². The van der Waals surface area contributed by atoms with Crippen LogP contribution in [0.1, 0.15) is 30.6 Å². The summed E-state index contributed by atoms with van der Waals surface area (Å²) >= 11 is 1.44. The molecule has 214 valence electrons. The van der Waals surface area contributed by atoms with E-state index in [1.54, 1.807) is 0 Å². The smallest absolute Gasteiger partial charge is 0.411 e. The average molecular weight is 600 g/mol. The number of ether oxygens (including phenoxy) is 2. The molecular weight excluding hydrogens is 563 g/mol. The van der Waals surface area contributed by atoms with E-state index in [1.165, 1.54) is 18.4 Å². The number of rotatable bonds is 9. The van der Waals surface area contributed by atoms with Crippen LogP contribution in [0.4, 0.5) is 10.5 Å². The zero-order valence-electron chi connectivity index (χ0n) is 23.5. The van der Waals surface area contributed by atoms with E-state index in [-0.39, 0.29) is 12.2 Å². The monoisotopic (exact) mass is 599 g/mol. The minimum atomic E-state index is -3.53. The first-order chi connectivity index (χ1) is 18.9. The minimum Gasteiger partial charge on any atom is -0.466 e. The maximum atomic E-state index is 13.5. The molecule has 1 fully saturated rings. The van der Waals surface area contributed by atoms with Crippen molar-refractivity contribution in [3.05, 3.63) is 65.5 Å². The Balaban J connectivity index is 1.54. The first-order valence-corrected chi connectivity index (χ1v) is 19.6. The predicted molar refractivity (Wildman–Crippen MR) is 164 cm³/mol. The maximum absolute atomic E-state index is 13.5. The van der Waals surface area contributed by atoms with Crippen LogP contribution in [-0.2, 0) is 28.9 Å². The molecule has 1 atom stereocenters. The van der Waals surface area contributed by atoms with Gasteiger partial charge in [-0.15, -0.1) is 11.3 Å². The molecule has 0 bridgehead atoms. The van der Waals surface area contributed by atoms with Gasteiger partial charge in [-0.2, -0.15) is 0 Å². The Bertz CT molecular complexity index is 1440. The van der Waals surface area contributed by atoms with Gasteiger partial charge in [0, 0.05) is 23.5 Å². The molecule has 3 aromatic rings. The highest BCUT2D eigenvalue weighted by Gasteiger charge is 2.49. The highest BCUT2D eigenvalue weighted by molar-refractivity contribution is 7.92. The molecule has 1 aliphatic rings. The van der Waals surface area contributed by atoms with Gasteiger partial charge in [-0.05, 0) is 59.8 Å². The molecule has 1 N–H and O–H groups in total. The van der Waals surface area contributed by atoms with Crippen LogP contribution in [0.2, 0.25) is 25.7 Å². The predicted octanol–water partition coefficient (Wildman–Crippen LogP) is 7.33. The summed E-state index contributed by atoms with van der Waals surface area (Å²) in [6.45, 7) is 6.99. The third-order valence-electron chi connectivity index (χ3n) is 7.26. The van der Waals surface area contributed by atoms with Gasteiger partial charge >= 0.3 is 12.1 Å². The largest absolute Gasteiger partial charge is 0.466 e. The molecule has 4 rings (SSSR count). The molecule has 0 aliphatic carbocycles. The van der Waals surface area contributed by atoms with Gasteiger partial charge in [-0.1, -0.05) is 62.5 Å². The number of nitrogens with one attached hydrogen (secondary N) is 1. The Kier molecular flexibility index (Phi) is 9.21. The van der Waals surface area contributed by atoms with Crippen molar-refractivity contribution in [2.75, 3.05) is 24.8 Å². The Labute approximate surface area is 241 Å². The zero-order chi connectivity index (χ0) is 29.0. The number of carbonyl (C=O) groups excluding carboxylic acids is 2. The number of esters is 1. The third kappa shape index (κ3) is 7.02. The molecule has 0 radical (unpaired) electrons. The van der Waals surface area contributed by atoms with Crippen LogP contribution in [-0.4, -0.2) is 48.0 Å². The van der Waals surface area contributed by atoms with Gasteiger partial charge in [0.25, 0.3) is 0 Å². The first kappa shape index (κ1) is 30.0. The topological polar surface area (TPSA) is 98.8 Å². The summed E-state index contributed by atoms with van der Waals surface area (Å²) in [4.78, 5) is 26.0. The molecule has 1 aromatic heterocycles. The third-order valence-corrected chi connectivity index (χ3v) is 13.0. The zero-order valence-corrected chi connectivity index (χ0v) is 26.1. The molecule has 1 aliphatic heterocycles. The van der Waals surface area contributed by atoms with Crippen LogP contribution in [0.25, 0.3) is 21.6 Å². The molecule has 1 amide bonds. The second kappa shape index (κ2) is 12.3. The number of amides is 1. The van der Waals surface area contributed by atoms with Crippen molar-refractivity contribution in [3.8, 4) is 21.6 Å².